The van der Waals surface area contributed by atoms with E-state index in [1.54, 1.807) is 0 Å². The summed E-state index contributed by atoms with van der Waals surface area (Å²) in [4.78, 5) is 14.2. The average molecular weight is 406 g/mol. The molecular formula is C23H24ClN5. The van der Waals surface area contributed by atoms with Gasteiger partial charge < -0.3 is 9.30 Å². The molecule has 5 rings (SSSR count). The molecule has 0 N–H and O–H groups in total. The summed E-state index contributed by atoms with van der Waals surface area (Å²) in [5.74, 6) is 0. The molecule has 1 aliphatic rings. The number of nitrogens with zero attached hydrogens (tertiary/aromatic N) is 5. The first-order chi connectivity index (χ1) is 14.1. The Kier molecular flexibility index (Phi) is 4.64. The Bertz CT molecular complexity index is 1190. The predicted molar refractivity (Wildman–Crippen MR) is 119 cm³/mol. The Morgan fingerprint density at radius 3 is 2.66 bits per heavy atom. The number of halogens is 1. The van der Waals surface area contributed by atoms with Crippen LogP contribution in [0, 0.1) is 13.8 Å². The zero-order valence-electron chi connectivity index (χ0n) is 16.8. The zero-order chi connectivity index (χ0) is 20.0. The van der Waals surface area contributed by atoms with E-state index in [0.717, 1.165) is 54.6 Å². The van der Waals surface area contributed by atoms with Crippen molar-refractivity contribution in [3.05, 3.63) is 70.8 Å². The molecule has 5 nitrogen and oxygen atoms in total. The zero-order valence-corrected chi connectivity index (χ0v) is 17.5. The fraction of sp³-hybridized carbons (Fsp3) is 0.304. The maximum absolute atomic E-state index is 6.14. The molecule has 0 spiro atoms. The van der Waals surface area contributed by atoms with Crippen molar-refractivity contribution in [3.63, 3.8) is 0 Å². The van der Waals surface area contributed by atoms with E-state index in [-0.39, 0.29) is 0 Å². The van der Waals surface area contributed by atoms with Gasteiger partial charge in [0, 0.05) is 61.2 Å². The van der Waals surface area contributed by atoms with Crippen LogP contribution in [-0.4, -0.2) is 45.4 Å². The van der Waals surface area contributed by atoms with Crippen LogP contribution in [0.4, 0.5) is 5.69 Å². The van der Waals surface area contributed by atoms with Crippen LogP contribution in [0.1, 0.15) is 17.0 Å². The number of rotatable bonds is 3. The number of hydrogen-bond acceptors (Lipinski definition) is 4. The molecule has 3 aromatic heterocycles. The molecule has 4 heterocycles. The maximum Gasteiger partial charge on any atom is 0.137 e. The number of pyridine rings is 2. The van der Waals surface area contributed by atoms with Crippen molar-refractivity contribution in [2.45, 2.75) is 20.4 Å². The number of imidazole rings is 1. The van der Waals surface area contributed by atoms with Gasteiger partial charge in [-0.3, -0.25) is 9.88 Å². The highest BCUT2D eigenvalue weighted by molar-refractivity contribution is 6.31. The van der Waals surface area contributed by atoms with Crippen LogP contribution in [-0.2, 0) is 6.54 Å². The van der Waals surface area contributed by atoms with E-state index in [2.05, 4.69) is 63.5 Å². The third-order valence-electron chi connectivity index (χ3n) is 5.83. The molecule has 1 saturated heterocycles. The van der Waals surface area contributed by atoms with Crippen molar-refractivity contribution >= 4 is 33.8 Å². The minimum atomic E-state index is 0.727. The van der Waals surface area contributed by atoms with Crippen molar-refractivity contribution in [2.75, 3.05) is 31.1 Å². The van der Waals surface area contributed by atoms with Gasteiger partial charge in [0.05, 0.1) is 16.9 Å². The first-order valence-corrected chi connectivity index (χ1v) is 10.4. The Hall–Kier alpha value is -2.63. The van der Waals surface area contributed by atoms with Gasteiger partial charge in [0.25, 0.3) is 0 Å². The number of anilines is 1. The van der Waals surface area contributed by atoms with E-state index in [9.17, 15) is 0 Å². The molecule has 4 aromatic rings. The molecule has 0 radical (unpaired) electrons. The summed E-state index contributed by atoms with van der Waals surface area (Å²) >= 11 is 6.14. The highest BCUT2D eigenvalue weighted by atomic mass is 35.5. The molecule has 0 aliphatic carbocycles. The molecule has 0 amide bonds. The van der Waals surface area contributed by atoms with Gasteiger partial charge in [0.1, 0.15) is 5.65 Å². The SMILES string of the molecule is Cc1ccc2nc(C)c(CN3CCN(c4ccnc5cc(Cl)ccc45)CC3)n2c1. The van der Waals surface area contributed by atoms with Crippen molar-refractivity contribution in [3.8, 4) is 0 Å². The van der Waals surface area contributed by atoms with E-state index < -0.39 is 0 Å². The van der Waals surface area contributed by atoms with Gasteiger partial charge in [0.2, 0.25) is 0 Å². The van der Waals surface area contributed by atoms with E-state index in [0.29, 0.717) is 0 Å². The monoisotopic (exact) mass is 405 g/mol. The van der Waals surface area contributed by atoms with E-state index in [1.165, 1.54) is 22.3 Å². The van der Waals surface area contributed by atoms with Crippen molar-refractivity contribution in [2.24, 2.45) is 0 Å². The highest BCUT2D eigenvalue weighted by Gasteiger charge is 2.21. The highest BCUT2D eigenvalue weighted by Crippen LogP contribution is 2.28. The lowest BCUT2D eigenvalue weighted by Gasteiger charge is -2.36. The Morgan fingerprint density at radius 1 is 1.00 bits per heavy atom. The smallest absolute Gasteiger partial charge is 0.137 e. The second kappa shape index (κ2) is 7.32. The summed E-state index contributed by atoms with van der Waals surface area (Å²) in [5.41, 5.74) is 6.90. The Balaban J connectivity index is 1.34. The summed E-state index contributed by atoms with van der Waals surface area (Å²) in [7, 11) is 0. The molecule has 1 aliphatic heterocycles. The summed E-state index contributed by atoms with van der Waals surface area (Å²) < 4.78 is 2.25. The van der Waals surface area contributed by atoms with Crippen LogP contribution in [0.2, 0.25) is 5.02 Å². The topological polar surface area (TPSA) is 36.7 Å². The van der Waals surface area contributed by atoms with Crippen LogP contribution in [0.15, 0.2) is 48.8 Å². The molecular weight excluding hydrogens is 382 g/mol. The van der Waals surface area contributed by atoms with Gasteiger partial charge in [-0.2, -0.15) is 0 Å². The number of fused-ring (bicyclic) bond motifs is 2. The predicted octanol–water partition coefficient (Wildman–Crippen LogP) is 4.47. The second-order valence-electron chi connectivity index (χ2n) is 7.83. The normalized spacial score (nSPS) is 15.5. The van der Waals surface area contributed by atoms with E-state index >= 15 is 0 Å². The summed E-state index contributed by atoms with van der Waals surface area (Å²) in [6.45, 7) is 9.21. The van der Waals surface area contributed by atoms with E-state index in [1.807, 2.05) is 18.3 Å². The minimum Gasteiger partial charge on any atom is -0.368 e. The molecule has 148 valence electrons. The van der Waals surface area contributed by atoms with Gasteiger partial charge >= 0.3 is 0 Å². The van der Waals surface area contributed by atoms with Gasteiger partial charge in [0.15, 0.2) is 0 Å². The Morgan fingerprint density at radius 2 is 1.83 bits per heavy atom. The average Bonchev–Trinajstić information content (AvgIpc) is 3.02. The third-order valence-corrected chi connectivity index (χ3v) is 6.07. The third kappa shape index (κ3) is 3.45. The molecule has 6 heteroatoms. The first kappa shape index (κ1) is 18.4. The molecule has 0 bridgehead atoms. The molecule has 29 heavy (non-hydrogen) atoms. The quantitative estimate of drug-likeness (QED) is 0.503. The molecule has 1 aromatic carbocycles. The van der Waals surface area contributed by atoms with Crippen molar-refractivity contribution < 1.29 is 0 Å². The number of aromatic nitrogens is 3. The van der Waals surface area contributed by atoms with Crippen LogP contribution in [0.25, 0.3) is 16.6 Å². The Labute approximate surface area is 175 Å². The second-order valence-corrected chi connectivity index (χ2v) is 8.27. The molecule has 0 atom stereocenters. The maximum atomic E-state index is 6.14. The first-order valence-electron chi connectivity index (χ1n) is 10.0. The van der Waals surface area contributed by atoms with Gasteiger partial charge in [-0.05, 0) is 49.7 Å². The number of benzene rings is 1. The lowest BCUT2D eigenvalue weighted by molar-refractivity contribution is 0.246. The van der Waals surface area contributed by atoms with E-state index in [4.69, 9.17) is 16.6 Å². The number of hydrogen-bond donors (Lipinski definition) is 0. The molecule has 0 unspecified atom stereocenters. The minimum absolute atomic E-state index is 0.727. The summed E-state index contributed by atoms with van der Waals surface area (Å²) in [6.07, 6.45) is 4.07. The van der Waals surface area contributed by atoms with Gasteiger partial charge in [-0.25, -0.2) is 4.98 Å². The van der Waals surface area contributed by atoms with Crippen LogP contribution in [0.3, 0.4) is 0 Å². The van der Waals surface area contributed by atoms with Crippen molar-refractivity contribution in [1.29, 1.82) is 0 Å². The summed E-state index contributed by atoms with van der Waals surface area (Å²) in [5, 5.41) is 1.89. The largest absolute Gasteiger partial charge is 0.368 e. The molecule has 0 saturated carbocycles. The standard InChI is InChI=1S/C23H24ClN5/c1-16-3-6-23-26-17(2)22(29(23)14-16)15-27-9-11-28(12-10-27)21-7-8-25-20-13-18(24)4-5-19(20)21/h3-8,13-14H,9-12,15H2,1-2H3. The van der Waals surface area contributed by atoms with Crippen molar-refractivity contribution in [1.82, 2.24) is 19.3 Å². The van der Waals surface area contributed by atoms with Crippen LogP contribution >= 0.6 is 11.6 Å². The lowest BCUT2D eigenvalue weighted by Crippen LogP contribution is -2.46. The van der Waals surface area contributed by atoms with Gasteiger partial charge in [-0.15, -0.1) is 0 Å². The number of piperazine rings is 1. The van der Waals surface area contributed by atoms with Gasteiger partial charge in [-0.1, -0.05) is 17.7 Å². The van der Waals surface area contributed by atoms with Crippen LogP contribution in [0.5, 0.6) is 0 Å². The number of aryl methyl sites for hydroxylation is 2. The lowest BCUT2D eigenvalue weighted by atomic mass is 10.1. The fourth-order valence-corrected chi connectivity index (χ4v) is 4.41. The summed E-state index contributed by atoms with van der Waals surface area (Å²) in [6, 6.07) is 12.3. The molecule has 1 fully saturated rings. The fourth-order valence-electron chi connectivity index (χ4n) is 4.25. The van der Waals surface area contributed by atoms with Crippen LogP contribution < -0.4 is 4.90 Å².